The first-order valence-electron chi connectivity index (χ1n) is 13.2. The molecule has 0 saturated carbocycles. The highest BCUT2D eigenvalue weighted by Gasteiger charge is 2.26. The minimum absolute atomic E-state index is 0.0612. The van der Waals surface area contributed by atoms with Crippen LogP contribution >= 0.6 is 0 Å². The number of anilines is 1. The summed E-state index contributed by atoms with van der Waals surface area (Å²) in [7, 11) is 3.14. The first kappa shape index (κ1) is 26.4. The molecule has 4 aromatic rings. The highest BCUT2D eigenvalue weighted by molar-refractivity contribution is 5.95. The monoisotopic (exact) mass is 532 g/mol. The van der Waals surface area contributed by atoms with Crippen LogP contribution in [0.5, 0.6) is 11.5 Å². The average molecular weight is 533 g/mol. The Morgan fingerprint density at radius 2 is 1.69 bits per heavy atom. The predicted molar refractivity (Wildman–Crippen MR) is 148 cm³/mol. The summed E-state index contributed by atoms with van der Waals surface area (Å²) in [4.78, 5) is 27.4. The molecule has 0 atom stereocenters. The van der Waals surface area contributed by atoms with Crippen LogP contribution in [0.1, 0.15) is 41.6 Å². The van der Waals surface area contributed by atoms with Crippen molar-refractivity contribution in [2.24, 2.45) is 0 Å². The van der Waals surface area contributed by atoms with E-state index in [1.54, 1.807) is 49.2 Å². The number of aromatic nitrogens is 4. The molecule has 5 rings (SSSR count). The van der Waals surface area contributed by atoms with Crippen molar-refractivity contribution in [3.05, 3.63) is 65.4 Å². The number of halogens is 1. The average Bonchev–Trinajstić information content (AvgIpc) is 3.12. The maximum absolute atomic E-state index is 13.6. The first-order chi connectivity index (χ1) is 18.9. The van der Waals surface area contributed by atoms with E-state index >= 15 is 0 Å². The van der Waals surface area contributed by atoms with E-state index in [0.29, 0.717) is 42.3 Å². The van der Waals surface area contributed by atoms with E-state index in [1.165, 1.54) is 12.1 Å². The number of aryl methyl sites for hydroxylation is 2. The van der Waals surface area contributed by atoms with Gasteiger partial charge in [-0.05, 0) is 56.2 Å². The van der Waals surface area contributed by atoms with Gasteiger partial charge in [0.05, 0.1) is 31.0 Å². The van der Waals surface area contributed by atoms with E-state index in [1.807, 2.05) is 11.8 Å². The third-order valence-electron chi connectivity index (χ3n) is 6.96. The van der Waals surface area contributed by atoms with Crippen molar-refractivity contribution in [1.82, 2.24) is 24.6 Å². The molecule has 0 unspecified atom stereocenters. The van der Waals surface area contributed by atoms with Gasteiger partial charge in [-0.3, -0.25) is 4.79 Å². The summed E-state index contributed by atoms with van der Waals surface area (Å²) >= 11 is 0. The number of fused-ring (bicyclic) bond motifs is 1. The number of amides is 1. The van der Waals surface area contributed by atoms with Gasteiger partial charge in [0.2, 0.25) is 0 Å². The number of hydrogen-bond donors (Lipinski definition) is 0. The second-order valence-corrected chi connectivity index (χ2v) is 9.62. The summed E-state index contributed by atoms with van der Waals surface area (Å²) in [5.41, 5.74) is 2.77. The van der Waals surface area contributed by atoms with Crippen molar-refractivity contribution < 1.29 is 18.7 Å². The molecule has 10 heteroatoms. The summed E-state index contributed by atoms with van der Waals surface area (Å²) in [6, 6.07) is 11.5. The van der Waals surface area contributed by atoms with Crippen molar-refractivity contribution in [3.8, 4) is 17.2 Å². The number of ether oxygens (including phenoxy) is 2. The molecular weight excluding hydrogens is 499 g/mol. The highest BCUT2D eigenvalue weighted by Crippen LogP contribution is 2.30. The summed E-state index contributed by atoms with van der Waals surface area (Å²) in [6.07, 6.45) is 2.42. The number of benzene rings is 2. The summed E-state index contributed by atoms with van der Waals surface area (Å²) in [5.74, 6) is 2.36. The molecule has 0 aliphatic carbocycles. The van der Waals surface area contributed by atoms with Gasteiger partial charge in [-0.1, -0.05) is 6.92 Å². The number of methoxy groups -OCH3 is 2. The zero-order valence-corrected chi connectivity index (χ0v) is 22.8. The molecule has 1 fully saturated rings. The predicted octanol–water partition coefficient (Wildman–Crippen LogP) is 4.59. The van der Waals surface area contributed by atoms with Gasteiger partial charge in [0.25, 0.3) is 5.91 Å². The number of carbonyl (C=O) groups excluding carboxylic acids is 1. The van der Waals surface area contributed by atoms with Crippen LogP contribution in [0.3, 0.4) is 0 Å². The van der Waals surface area contributed by atoms with Crippen molar-refractivity contribution >= 4 is 22.8 Å². The third kappa shape index (κ3) is 5.36. The Hall–Kier alpha value is -4.21. The van der Waals surface area contributed by atoms with Crippen LogP contribution in [-0.4, -0.2) is 71.0 Å². The molecule has 2 aromatic carbocycles. The molecule has 3 heterocycles. The molecule has 1 aliphatic rings. The number of hydrogen-bond acceptors (Lipinski definition) is 7. The fraction of sp³-hybridized carbons (Fsp3) is 0.379. The minimum Gasteiger partial charge on any atom is -0.497 e. The molecule has 9 nitrogen and oxygen atoms in total. The van der Waals surface area contributed by atoms with Crippen LogP contribution in [0, 0.1) is 12.7 Å². The van der Waals surface area contributed by atoms with E-state index in [4.69, 9.17) is 24.5 Å². The van der Waals surface area contributed by atoms with Crippen LogP contribution < -0.4 is 14.4 Å². The lowest BCUT2D eigenvalue weighted by Gasteiger charge is -2.24. The first-order valence-corrected chi connectivity index (χ1v) is 13.2. The van der Waals surface area contributed by atoms with Gasteiger partial charge in [0, 0.05) is 44.2 Å². The Morgan fingerprint density at radius 1 is 0.974 bits per heavy atom. The topological polar surface area (TPSA) is 85.6 Å². The summed E-state index contributed by atoms with van der Waals surface area (Å²) in [5, 5.41) is 5.63. The molecule has 2 aromatic heterocycles. The van der Waals surface area contributed by atoms with Gasteiger partial charge in [0.15, 0.2) is 5.65 Å². The zero-order chi connectivity index (χ0) is 27.5. The maximum atomic E-state index is 13.6. The standard InChI is InChI=1S/C29H33FN6O3/c1-5-7-25-31-27(26-19(2)33-36(28(26)32-25)22-10-8-21(30)9-11-22)34-12-6-13-35(15-14-34)29(37)20-16-23(38-3)18-24(17-20)39-4/h8-11,16-18H,5-7,12-15H2,1-4H3. The fourth-order valence-corrected chi connectivity index (χ4v) is 4.98. The number of carbonyl (C=O) groups is 1. The molecule has 1 saturated heterocycles. The van der Waals surface area contributed by atoms with Crippen molar-refractivity contribution in [2.45, 2.75) is 33.1 Å². The maximum Gasteiger partial charge on any atom is 0.254 e. The molecule has 0 radical (unpaired) electrons. The van der Waals surface area contributed by atoms with Crippen LogP contribution in [-0.2, 0) is 6.42 Å². The van der Waals surface area contributed by atoms with Gasteiger partial charge < -0.3 is 19.3 Å². The van der Waals surface area contributed by atoms with Gasteiger partial charge in [-0.25, -0.2) is 19.0 Å². The lowest BCUT2D eigenvalue weighted by atomic mass is 10.1. The van der Waals surface area contributed by atoms with E-state index in [-0.39, 0.29) is 11.7 Å². The molecule has 0 spiro atoms. The van der Waals surface area contributed by atoms with Crippen molar-refractivity contribution in [2.75, 3.05) is 45.3 Å². The lowest BCUT2D eigenvalue weighted by Crippen LogP contribution is -2.35. The van der Waals surface area contributed by atoms with Gasteiger partial charge >= 0.3 is 0 Å². The van der Waals surface area contributed by atoms with Gasteiger partial charge in [0.1, 0.15) is 29.0 Å². The Bertz CT molecular complexity index is 1460. The second kappa shape index (κ2) is 11.3. The second-order valence-electron chi connectivity index (χ2n) is 9.62. The summed E-state index contributed by atoms with van der Waals surface area (Å²) < 4.78 is 26.1. The Morgan fingerprint density at radius 3 is 2.36 bits per heavy atom. The van der Waals surface area contributed by atoms with E-state index < -0.39 is 0 Å². The van der Waals surface area contributed by atoms with Crippen molar-refractivity contribution in [1.29, 1.82) is 0 Å². The highest BCUT2D eigenvalue weighted by atomic mass is 19.1. The molecule has 39 heavy (non-hydrogen) atoms. The number of rotatable bonds is 7. The smallest absolute Gasteiger partial charge is 0.254 e. The van der Waals surface area contributed by atoms with E-state index in [9.17, 15) is 9.18 Å². The number of nitrogens with zero attached hydrogens (tertiary/aromatic N) is 6. The summed E-state index contributed by atoms with van der Waals surface area (Å²) in [6.45, 7) is 6.56. The Kier molecular flexibility index (Phi) is 7.63. The lowest BCUT2D eigenvalue weighted by molar-refractivity contribution is 0.0766. The SMILES string of the molecule is CCCc1nc(N2CCCN(C(=O)c3cc(OC)cc(OC)c3)CC2)c2c(C)nn(-c3ccc(F)cc3)c2n1. The molecule has 1 amide bonds. The molecule has 1 aliphatic heterocycles. The van der Waals surface area contributed by atoms with Gasteiger partial charge in [-0.15, -0.1) is 0 Å². The van der Waals surface area contributed by atoms with Crippen molar-refractivity contribution in [3.63, 3.8) is 0 Å². The van der Waals surface area contributed by atoms with E-state index in [0.717, 1.165) is 54.2 Å². The van der Waals surface area contributed by atoms with Crippen LogP contribution in [0.2, 0.25) is 0 Å². The van der Waals surface area contributed by atoms with Crippen LogP contribution in [0.4, 0.5) is 10.2 Å². The largest absolute Gasteiger partial charge is 0.497 e. The molecule has 0 N–H and O–H groups in total. The molecular formula is C29H33FN6O3. The fourth-order valence-electron chi connectivity index (χ4n) is 4.98. The van der Waals surface area contributed by atoms with Crippen LogP contribution in [0.25, 0.3) is 16.7 Å². The zero-order valence-electron chi connectivity index (χ0n) is 22.8. The molecule has 204 valence electrons. The van der Waals surface area contributed by atoms with E-state index in [2.05, 4.69) is 11.8 Å². The quantitative estimate of drug-likeness (QED) is 0.344. The third-order valence-corrected chi connectivity index (χ3v) is 6.96. The molecule has 0 bridgehead atoms. The van der Waals surface area contributed by atoms with Gasteiger partial charge in [-0.2, -0.15) is 5.10 Å². The normalized spacial score (nSPS) is 14.0. The van der Waals surface area contributed by atoms with Crippen LogP contribution in [0.15, 0.2) is 42.5 Å². The minimum atomic E-state index is -0.301. The Balaban J connectivity index is 1.47. The Labute approximate surface area is 227 Å².